The van der Waals surface area contributed by atoms with E-state index in [1.165, 1.54) is 29.8 Å². The normalized spacial score (nSPS) is 9.57. The van der Waals surface area contributed by atoms with E-state index in [0.29, 0.717) is 5.92 Å². The summed E-state index contributed by atoms with van der Waals surface area (Å²) in [5.41, 5.74) is 3.93. The standard InChI is InChI=1S/C10H18N2.C6H12O.C2H6/c1-4-6-7-10-9(5-2)8(3)11-12-10;1-5(2)4-6(3)7;1-2/h4-7H2,1-3H3,(H,11,12);5H,4H2,1-3H3;1-2H3. The number of hydrogen-bond acceptors (Lipinski definition) is 2. The summed E-state index contributed by atoms with van der Waals surface area (Å²) in [4.78, 5) is 10.3. The Hall–Kier alpha value is -1.12. The number of unbranched alkanes of at least 4 members (excludes halogenated alkanes) is 1. The van der Waals surface area contributed by atoms with E-state index in [1.807, 2.05) is 27.7 Å². The number of aromatic amines is 1. The molecule has 0 spiro atoms. The molecule has 1 rings (SSSR count). The quantitative estimate of drug-likeness (QED) is 0.777. The number of Topliss-reactive ketones (excluding diaryl/α,β-unsaturated/α-hetero) is 1. The zero-order valence-corrected chi connectivity index (χ0v) is 15.5. The van der Waals surface area contributed by atoms with Crippen molar-refractivity contribution < 1.29 is 4.79 Å². The van der Waals surface area contributed by atoms with Crippen molar-refractivity contribution in [2.75, 3.05) is 0 Å². The fourth-order valence-electron chi connectivity index (χ4n) is 2.10. The Balaban J connectivity index is 0. The summed E-state index contributed by atoms with van der Waals surface area (Å²) in [5.74, 6) is 0.813. The maximum atomic E-state index is 10.3. The van der Waals surface area contributed by atoms with Gasteiger partial charge in [0, 0.05) is 12.1 Å². The van der Waals surface area contributed by atoms with Crippen LogP contribution < -0.4 is 0 Å². The van der Waals surface area contributed by atoms with Crippen molar-refractivity contribution >= 4 is 5.78 Å². The Labute approximate surface area is 131 Å². The predicted molar refractivity (Wildman–Crippen MR) is 92.8 cm³/mol. The molecule has 0 unspecified atom stereocenters. The smallest absolute Gasteiger partial charge is 0.130 e. The van der Waals surface area contributed by atoms with E-state index < -0.39 is 0 Å². The zero-order valence-electron chi connectivity index (χ0n) is 15.5. The lowest BCUT2D eigenvalue weighted by Gasteiger charge is -1.98. The molecule has 0 atom stereocenters. The number of nitrogens with zero attached hydrogens (tertiary/aromatic N) is 1. The van der Waals surface area contributed by atoms with Crippen LogP contribution in [0.5, 0.6) is 0 Å². The molecule has 0 radical (unpaired) electrons. The van der Waals surface area contributed by atoms with Crippen molar-refractivity contribution in [3.05, 3.63) is 17.0 Å². The monoisotopic (exact) mass is 296 g/mol. The summed E-state index contributed by atoms with van der Waals surface area (Å²) >= 11 is 0. The first kappa shape index (κ1) is 22.2. The third-order valence-electron chi connectivity index (χ3n) is 2.98. The second-order valence-electron chi connectivity index (χ2n) is 5.53. The summed E-state index contributed by atoms with van der Waals surface area (Å²) in [6.45, 7) is 16.2. The van der Waals surface area contributed by atoms with Gasteiger partial charge in [-0.15, -0.1) is 0 Å². The summed E-state index contributed by atoms with van der Waals surface area (Å²) in [5, 5.41) is 7.35. The Bertz CT molecular complexity index is 367. The van der Waals surface area contributed by atoms with Gasteiger partial charge in [0.25, 0.3) is 0 Å². The molecule has 0 bridgehead atoms. The van der Waals surface area contributed by atoms with E-state index in [4.69, 9.17) is 0 Å². The van der Waals surface area contributed by atoms with E-state index in [9.17, 15) is 4.79 Å². The van der Waals surface area contributed by atoms with Crippen LogP contribution >= 0.6 is 0 Å². The molecule has 1 N–H and O–H groups in total. The van der Waals surface area contributed by atoms with Gasteiger partial charge in [0.1, 0.15) is 5.78 Å². The molecule has 1 aromatic rings. The highest BCUT2D eigenvalue weighted by molar-refractivity contribution is 5.75. The van der Waals surface area contributed by atoms with Crippen molar-refractivity contribution in [2.45, 2.75) is 87.5 Å². The molecule has 0 aliphatic heterocycles. The van der Waals surface area contributed by atoms with Crippen molar-refractivity contribution in [1.82, 2.24) is 10.2 Å². The molecule has 21 heavy (non-hydrogen) atoms. The SMILES string of the molecule is CC.CC(=O)CC(C)C.CCCCc1n[nH]c(C)c1CC. The molecule has 0 saturated carbocycles. The minimum Gasteiger partial charge on any atom is -0.300 e. The molecule has 0 saturated heterocycles. The van der Waals surface area contributed by atoms with Crippen LogP contribution in [0.4, 0.5) is 0 Å². The molecule has 124 valence electrons. The van der Waals surface area contributed by atoms with Crippen LogP contribution in [-0.4, -0.2) is 16.0 Å². The molecule has 0 aliphatic carbocycles. The summed E-state index contributed by atoms with van der Waals surface area (Å²) in [7, 11) is 0. The van der Waals surface area contributed by atoms with Crippen molar-refractivity contribution in [2.24, 2.45) is 5.92 Å². The van der Waals surface area contributed by atoms with Gasteiger partial charge >= 0.3 is 0 Å². The fraction of sp³-hybridized carbons (Fsp3) is 0.778. The topological polar surface area (TPSA) is 45.8 Å². The first-order valence-corrected chi connectivity index (χ1v) is 8.44. The molecule has 1 aromatic heterocycles. The van der Waals surface area contributed by atoms with Crippen molar-refractivity contribution in [3.8, 4) is 0 Å². The number of nitrogens with one attached hydrogen (secondary N) is 1. The molecule has 0 aliphatic rings. The largest absolute Gasteiger partial charge is 0.300 e. The number of H-pyrrole nitrogens is 1. The number of ketones is 1. The first-order valence-electron chi connectivity index (χ1n) is 8.44. The van der Waals surface area contributed by atoms with E-state index in [2.05, 4.69) is 31.0 Å². The van der Waals surface area contributed by atoms with Gasteiger partial charge in [-0.1, -0.05) is 48.0 Å². The molecule has 0 amide bonds. The second-order valence-corrected chi connectivity index (χ2v) is 5.53. The number of carbonyl (C=O) groups excluding carboxylic acids is 1. The lowest BCUT2D eigenvalue weighted by molar-refractivity contribution is -0.117. The summed E-state index contributed by atoms with van der Waals surface area (Å²) < 4.78 is 0. The lowest BCUT2D eigenvalue weighted by atomic mass is 10.1. The minimum absolute atomic E-state index is 0.287. The van der Waals surface area contributed by atoms with Gasteiger partial charge in [0.15, 0.2) is 0 Å². The van der Waals surface area contributed by atoms with Gasteiger partial charge < -0.3 is 4.79 Å². The van der Waals surface area contributed by atoms with Crippen LogP contribution in [0.1, 0.15) is 84.7 Å². The first-order chi connectivity index (χ1) is 9.92. The van der Waals surface area contributed by atoms with Crippen LogP contribution in [-0.2, 0) is 17.6 Å². The number of carbonyl (C=O) groups is 1. The number of hydrogen-bond donors (Lipinski definition) is 1. The highest BCUT2D eigenvalue weighted by Crippen LogP contribution is 2.13. The van der Waals surface area contributed by atoms with Gasteiger partial charge in [-0.25, -0.2) is 0 Å². The highest BCUT2D eigenvalue weighted by Gasteiger charge is 2.06. The highest BCUT2D eigenvalue weighted by atomic mass is 16.1. The van der Waals surface area contributed by atoms with Gasteiger partial charge in [-0.05, 0) is 44.6 Å². The molecule has 3 heteroatoms. The Kier molecular flexibility index (Phi) is 14.6. The minimum atomic E-state index is 0.287. The van der Waals surface area contributed by atoms with Gasteiger partial charge in [-0.3, -0.25) is 5.10 Å². The third-order valence-corrected chi connectivity index (χ3v) is 2.98. The van der Waals surface area contributed by atoms with Crippen LogP contribution in [0.3, 0.4) is 0 Å². The summed E-state index contributed by atoms with van der Waals surface area (Å²) in [6.07, 6.45) is 5.44. The average molecular weight is 296 g/mol. The van der Waals surface area contributed by atoms with Gasteiger partial charge in [0.2, 0.25) is 0 Å². The van der Waals surface area contributed by atoms with Crippen LogP contribution in [0.25, 0.3) is 0 Å². The molecule has 3 nitrogen and oxygen atoms in total. The molecule has 1 heterocycles. The molecular formula is C18H36N2O. The van der Waals surface area contributed by atoms with Crippen LogP contribution in [0, 0.1) is 12.8 Å². The zero-order chi connectivity index (χ0) is 16.8. The van der Waals surface area contributed by atoms with E-state index in [0.717, 1.165) is 19.3 Å². The Morgan fingerprint density at radius 2 is 1.81 bits per heavy atom. The summed E-state index contributed by atoms with van der Waals surface area (Å²) in [6, 6.07) is 0. The number of aryl methyl sites for hydroxylation is 2. The van der Waals surface area contributed by atoms with E-state index in [-0.39, 0.29) is 5.78 Å². The van der Waals surface area contributed by atoms with E-state index in [1.54, 1.807) is 6.92 Å². The lowest BCUT2D eigenvalue weighted by Crippen LogP contribution is -1.95. The van der Waals surface area contributed by atoms with Gasteiger partial charge in [-0.2, -0.15) is 5.10 Å². The molecule has 0 fully saturated rings. The van der Waals surface area contributed by atoms with E-state index >= 15 is 0 Å². The Morgan fingerprint density at radius 1 is 1.24 bits per heavy atom. The number of rotatable bonds is 6. The fourth-order valence-corrected chi connectivity index (χ4v) is 2.10. The maximum Gasteiger partial charge on any atom is 0.130 e. The molecule has 0 aromatic carbocycles. The van der Waals surface area contributed by atoms with Crippen molar-refractivity contribution in [3.63, 3.8) is 0 Å². The van der Waals surface area contributed by atoms with Crippen LogP contribution in [0.2, 0.25) is 0 Å². The Morgan fingerprint density at radius 3 is 2.14 bits per heavy atom. The van der Waals surface area contributed by atoms with Gasteiger partial charge in [0.05, 0.1) is 5.69 Å². The maximum absolute atomic E-state index is 10.3. The molecular weight excluding hydrogens is 260 g/mol. The predicted octanol–water partition coefficient (Wildman–Crippen LogP) is 5.27. The third kappa shape index (κ3) is 11.2. The van der Waals surface area contributed by atoms with Crippen molar-refractivity contribution in [1.29, 1.82) is 0 Å². The average Bonchev–Trinajstić information content (AvgIpc) is 2.78. The second kappa shape index (κ2) is 13.8. The number of aromatic nitrogens is 2. The van der Waals surface area contributed by atoms with Crippen LogP contribution in [0.15, 0.2) is 0 Å².